The van der Waals surface area contributed by atoms with E-state index in [2.05, 4.69) is 10.0 Å². The van der Waals surface area contributed by atoms with Crippen LogP contribution in [0.25, 0.3) is 10.8 Å². The van der Waals surface area contributed by atoms with E-state index in [1.54, 1.807) is 25.1 Å². The number of sulfonamides is 1. The Morgan fingerprint density at radius 2 is 1.78 bits per heavy atom. The fraction of sp³-hybridized carbons (Fsp3) is 0.353. The van der Waals surface area contributed by atoms with Crippen molar-refractivity contribution in [2.24, 2.45) is 0 Å². The van der Waals surface area contributed by atoms with Crippen LogP contribution in [0.2, 0.25) is 0 Å². The zero-order valence-corrected chi connectivity index (χ0v) is 16.2. The van der Waals surface area contributed by atoms with Crippen molar-refractivity contribution in [2.75, 3.05) is 18.1 Å². The van der Waals surface area contributed by atoms with Gasteiger partial charge in [-0.15, -0.1) is 0 Å². The number of carbonyl (C=O) groups excluding carboxylic acids is 1. The van der Waals surface area contributed by atoms with Gasteiger partial charge in [0.05, 0.1) is 35.1 Å². The van der Waals surface area contributed by atoms with Gasteiger partial charge in [0, 0.05) is 0 Å². The lowest BCUT2D eigenvalue weighted by molar-refractivity contribution is 0.148. The van der Waals surface area contributed by atoms with Crippen LogP contribution in [0.3, 0.4) is 0 Å². The average molecular weight is 412 g/mol. The Morgan fingerprint density at radius 3 is 2.48 bits per heavy atom. The summed E-state index contributed by atoms with van der Waals surface area (Å²) in [6, 6.07) is 10.1. The van der Waals surface area contributed by atoms with Gasteiger partial charge in [0.25, 0.3) is 0 Å². The molecule has 1 aliphatic heterocycles. The van der Waals surface area contributed by atoms with Gasteiger partial charge in [0.15, 0.2) is 9.84 Å². The number of alkyl carbamates (subject to hydrolysis) is 1. The van der Waals surface area contributed by atoms with Crippen LogP contribution in [0.4, 0.5) is 4.79 Å². The van der Waals surface area contributed by atoms with Crippen LogP contribution < -0.4 is 10.0 Å². The van der Waals surface area contributed by atoms with Crippen LogP contribution in [-0.2, 0) is 24.6 Å². The molecule has 2 aromatic rings. The minimum Gasteiger partial charge on any atom is -0.450 e. The van der Waals surface area contributed by atoms with Crippen molar-refractivity contribution in [2.45, 2.75) is 23.9 Å². The molecule has 0 aromatic heterocycles. The first-order chi connectivity index (χ1) is 12.7. The van der Waals surface area contributed by atoms with Gasteiger partial charge < -0.3 is 10.1 Å². The van der Waals surface area contributed by atoms with E-state index in [0.717, 1.165) is 10.8 Å². The molecule has 1 fully saturated rings. The normalized spacial score (nSPS) is 21.8. The molecule has 1 amide bonds. The fourth-order valence-electron chi connectivity index (χ4n) is 3.03. The van der Waals surface area contributed by atoms with Crippen LogP contribution >= 0.6 is 0 Å². The van der Waals surface area contributed by atoms with Gasteiger partial charge in [0.1, 0.15) is 0 Å². The summed E-state index contributed by atoms with van der Waals surface area (Å²) >= 11 is 0. The number of amides is 1. The fourth-order valence-corrected chi connectivity index (χ4v) is 6.31. The number of rotatable bonds is 5. The lowest BCUT2D eigenvalue weighted by Gasteiger charge is -2.20. The third kappa shape index (κ3) is 4.57. The molecule has 2 aromatic carbocycles. The van der Waals surface area contributed by atoms with E-state index in [9.17, 15) is 21.6 Å². The highest BCUT2D eigenvalue weighted by molar-refractivity contribution is 7.92. The predicted molar refractivity (Wildman–Crippen MR) is 101 cm³/mol. The molecule has 27 heavy (non-hydrogen) atoms. The van der Waals surface area contributed by atoms with E-state index in [-0.39, 0.29) is 17.3 Å². The minimum atomic E-state index is -3.97. The van der Waals surface area contributed by atoms with Crippen LogP contribution in [-0.4, -0.2) is 53.1 Å². The van der Waals surface area contributed by atoms with E-state index in [1.165, 1.54) is 12.1 Å². The van der Waals surface area contributed by atoms with E-state index in [0.29, 0.717) is 0 Å². The standard InChI is InChI=1S/C17H20N2O6S2/c1-2-25-17(20)18-15-10-26(21,22)11-16(15)19-27(23,24)14-8-7-12-5-3-4-6-13(12)9-14/h3-9,15-16,19H,2,10-11H2,1H3,(H,18,20)/t15-,16-/m0/s1. The van der Waals surface area contributed by atoms with Crippen molar-refractivity contribution >= 4 is 36.7 Å². The number of benzene rings is 2. The predicted octanol–water partition coefficient (Wildman–Crippen LogP) is 1.03. The van der Waals surface area contributed by atoms with Gasteiger partial charge in [-0.25, -0.2) is 26.4 Å². The van der Waals surface area contributed by atoms with Crippen molar-refractivity contribution in [1.82, 2.24) is 10.0 Å². The summed E-state index contributed by atoms with van der Waals surface area (Å²) in [5, 5.41) is 4.06. The molecule has 1 saturated heterocycles. The summed E-state index contributed by atoms with van der Waals surface area (Å²) in [6.07, 6.45) is -0.783. The quantitative estimate of drug-likeness (QED) is 0.757. The zero-order chi connectivity index (χ0) is 19.7. The molecule has 2 N–H and O–H groups in total. The molecule has 0 unspecified atom stereocenters. The van der Waals surface area contributed by atoms with E-state index in [4.69, 9.17) is 4.74 Å². The Kier molecular flexibility index (Phi) is 5.41. The van der Waals surface area contributed by atoms with Crippen molar-refractivity contribution in [3.8, 4) is 0 Å². The molecule has 10 heteroatoms. The molecule has 3 rings (SSSR count). The van der Waals surface area contributed by atoms with Crippen molar-refractivity contribution in [3.05, 3.63) is 42.5 Å². The van der Waals surface area contributed by atoms with Crippen molar-refractivity contribution in [1.29, 1.82) is 0 Å². The molecular formula is C17H20N2O6S2. The number of hydrogen-bond donors (Lipinski definition) is 2. The minimum absolute atomic E-state index is 0.0281. The number of fused-ring (bicyclic) bond motifs is 1. The number of carbonyl (C=O) groups is 1. The maximum atomic E-state index is 12.8. The molecule has 0 radical (unpaired) electrons. The molecule has 1 aliphatic rings. The number of sulfone groups is 1. The molecule has 1 heterocycles. The van der Waals surface area contributed by atoms with E-state index < -0.39 is 43.8 Å². The largest absolute Gasteiger partial charge is 0.450 e. The summed E-state index contributed by atoms with van der Waals surface area (Å²) < 4.78 is 56.6. The van der Waals surface area contributed by atoms with Gasteiger partial charge >= 0.3 is 6.09 Å². The molecule has 0 saturated carbocycles. The second kappa shape index (κ2) is 7.45. The monoisotopic (exact) mass is 412 g/mol. The first kappa shape index (κ1) is 19.6. The molecule has 0 aliphatic carbocycles. The summed E-state index contributed by atoms with van der Waals surface area (Å²) in [5.41, 5.74) is 0. The van der Waals surface area contributed by atoms with E-state index >= 15 is 0 Å². The smallest absolute Gasteiger partial charge is 0.407 e. The van der Waals surface area contributed by atoms with Gasteiger partial charge in [0.2, 0.25) is 10.0 Å². The van der Waals surface area contributed by atoms with Gasteiger partial charge in [-0.2, -0.15) is 0 Å². The number of ether oxygens (including phenoxy) is 1. The molecular weight excluding hydrogens is 392 g/mol. The summed E-state index contributed by atoms with van der Waals surface area (Å²) in [7, 11) is -7.46. The van der Waals surface area contributed by atoms with Crippen LogP contribution in [0, 0.1) is 0 Å². The van der Waals surface area contributed by atoms with Gasteiger partial charge in [-0.1, -0.05) is 30.3 Å². The lowest BCUT2D eigenvalue weighted by Crippen LogP contribution is -2.50. The summed E-state index contributed by atoms with van der Waals surface area (Å²) in [6.45, 7) is 1.74. The first-order valence-electron chi connectivity index (χ1n) is 8.35. The van der Waals surface area contributed by atoms with Gasteiger partial charge in [-0.05, 0) is 29.8 Å². The number of nitrogens with one attached hydrogen (secondary N) is 2. The third-order valence-electron chi connectivity index (χ3n) is 4.27. The molecule has 146 valence electrons. The summed E-state index contributed by atoms with van der Waals surface area (Å²) in [5.74, 6) is -0.742. The first-order valence-corrected chi connectivity index (χ1v) is 11.7. The third-order valence-corrected chi connectivity index (χ3v) is 7.49. The number of hydrogen-bond acceptors (Lipinski definition) is 6. The Bertz CT molecular complexity index is 1070. The van der Waals surface area contributed by atoms with Crippen LogP contribution in [0.15, 0.2) is 47.4 Å². The maximum Gasteiger partial charge on any atom is 0.407 e. The van der Waals surface area contributed by atoms with E-state index in [1.807, 2.05) is 12.1 Å². The lowest BCUT2D eigenvalue weighted by atomic mass is 10.1. The molecule has 0 bridgehead atoms. The second-order valence-corrected chi connectivity index (χ2v) is 10.2. The topological polar surface area (TPSA) is 119 Å². The maximum absolute atomic E-state index is 12.8. The molecule has 8 nitrogen and oxygen atoms in total. The Balaban J connectivity index is 1.84. The Morgan fingerprint density at radius 1 is 1.11 bits per heavy atom. The zero-order valence-electron chi connectivity index (χ0n) is 14.6. The van der Waals surface area contributed by atoms with Crippen LogP contribution in [0.1, 0.15) is 6.92 Å². The average Bonchev–Trinajstić information content (AvgIpc) is 2.87. The highest BCUT2D eigenvalue weighted by atomic mass is 32.2. The highest BCUT2D eigenvalue weighted by Crippen LogP contribution is 2.21. The molecule has 0 spiro atoms. The Labute approximate surface area is 157 Å². The Hall–Kier alpha value is -2.17. The van der Waals surface area contributed by atoms with Crippen molar-refractivity contribution < 1.29 is 26.4 Å². The van der Waals surface area contributed by atoms with Crippen LogP contribution in [0.5, 0.6) is 0 Å². The van der Waals surface area contributed by atoms with Gasteiger partial charge in [-0.3, -0.25) is 0 Å². The second-order valence-electron chi connectivity index (χ2n) is 6.28. The van der Waals surface area contributed by atoms with Crippen molar-refractivity contribution in [3.63, 3.8) is 0 Å². The SMILES string of the molecule is CCOC(=O)N[C@H]1CS(=O)(=O)C[C@@H]1NS(=O)(=O)c1ccc2ccccc2c1. The molecule has 2 atom stereocenters. The summed E-state index contributed by atoms with van der Waals surface area (Å²) in [4.78, 5) is 11.7. The highest BCUT2D eigenvalue weighted by Gasteiger charge is 2.41.